The molecule has 2 aromatic heterocycles. The van der Waals surface area contributed by atoms with Crippen LogP contribution in [0, 0.1) is 12.8 Å². The summed E-state index contributed by atoms with van der Waals surface area (Å²) in [5.41, 5.74) is 2.42. The number of H-pyrrole nitrogens is 1. The molecule has 1 aliphatic rings. The predicted molar refractivity (Wildman–Crippen MR) is 93.7 cm³/mol. The minimum Gasteiger partial charge on any atom is -0.484 e. The second kappa shape index (κ2) is 6.64. The van der Waals surface area contributed by atoms with Crippen LogP contribution in [-0.4, -0.2) is 22.2 Å². The van der Waals surface area contributed by atoms with Crippen LogP contribution in [0.15, 0.2) is 28.8 Å². The fourth-order valence-electron chi connectivity index (χ4n) is 2.78. The standard InChI is InChI=1S/C18H17ClFN3O3/c1-9-2-12(26-23-9)8-25-17-6-16-10(4-14(17)19)3-11(22-16)7-21-18(24)13-5-15(13)20/h2-4,6,13,15,22H,5,7-8H2,1H3,(H,21,24)/t13-,15-/m0/s1. The molecule has 2 N–H and O–H groups in total. The lowest BCUT2D eigenvalue weighted by Crippen LogP contribution is -2.25. The van der Waals surface area contributed by atoms with Gasteiger partial charge in [0, 0.05) is 28.7 Å². The number of rotatable bonds is 6. The highest BCUT2D eigenvalue weighted by Gasteiger charge is 2.43. The Morgan fingerprint density at radius 1 is 1.46 bits per heavy atom. The summed E-state index contributed by atoms with van der Waals surface area (Å²) < 4.78 is 23.7. The van der Waals surface area contributed by atoms with Gasteiger partial charge in [-0.2, -0.15) is 0 Å². The van der Waals surface area contributed by atoms with E-state index >= 15 is 0 Å². The lowest BCUT2D eigenvalue weighted by Gasteiger charge is -2.06. The van der Waals surface area contributed by atoms with Crippen LogP contribution in [0.25, 0.3) is 10.9 Å². The number of aryl methyl sites for hydroxylation is 1. The van der Waals surface area contributed by atoms with Gasteiger partial charge in [0.25, 0.3) is 0 Å². The minimum absolute atomic E-state index is 0.224. The Bertz CT molecular complexity index is 968. The van der Waals surface area contributed by atoms with Crippen molar-refractivity contribution < 1.29 is 18.4 Å². The molecule has 1 saturated carbocycles. The molecule has 0 radical (unpaired) electrons. The van der Waals surface area contributed by atoms with Gasteiger partial charge in [-0.3, -0.25) is 4.79 Å². The summed E-state index contributed by atoms with van der Waals surface area (Å²) in [6.45, 7) is 2.37. The van der Waals surface area contributed by atoms with Crippen molar-refractivity contribution in [3.8, 4) is 5.75 Å². The molecule has 0 saturated heterocycles. The number of carbonyl (C=O) groups excluding carboxylic acids is 1. The number of fused-ring (bicyclic) bond motifs is 1. The molecule has 0 unspecified atom stereocenters. The minimum atomic E-state index is -0.996. The molecule has 2 heterocycles. The van der Waals surface area contributed by atoms with Crippen molar-refractivity contribution in [1.82, 2.24) is 15.5 Å². The molecule has 6 nitrogen and oxygen atoms in total. The third-order valence-corrected chi connectivity index (χ3v) is 4.57. The van der Waals surface area contributed by atoms with Crippen molar-refractivity contribution in [3.63, 3.8) is 0 Å². The Hall–Kier alpha value is -2.54. The van der Waals surface area contributed by atoms with Crippen molar-refractivity contribution in [2.75, 3.05) is 0 Å². The second-order valence-electron chi connectivity index (χ2n) is 6.46. The number of amides is 1. The van der Waals surface area contributed by atoms with Gasteiger partial charge in [-0.15, -0.1) is 0 Å². The molecule has 8 heteroatoms. The maximum absolute atomic E-state index is 12.9. The van der Waals surface area contributed by atoms with Gasteiger partial charge in [0.1, 0.15) is 18.5 Å². The van der Waals surface area contributed by atoms with Gasteiger partial charge >= 0.3 is 0 Å². The van der Waals surface area contributed by atoms with Crippen molar-refractivity contribution in [1.29, 1.82) is 0 Å². The zero-order chi connectivity index (χ0) is 18.3. The van der Waals surface area contributed by atoms with Crippen LogP contribution in [0.2, 0.25) is 5.02 Å². The SMILES string of the molecule is Cc1cc(COc2cc3[nH]c(CNC(=O)[C@H]4C[C@@H]4F)cc3cc2Cl)on1. The molecule has 1 fully saturated rings. The molecule has 2 atom stereocenters. The maximum atomic E-state index is 12.9. The number of nitrogens with one attached hydrogen (secondary N) is 2. The van der Waals surface area contributed by atoms with E-state index in [1.165, 1.54) is 0 Å². The molecular weight excluding hydrogens is 361 g/mol. The number of carbonyl (C=O) groups is 1. The van der Waals surface area contributed by atoms with Crippen LogP contribution >= 0.6 is 11.6 Å². The number of benzene rings is 1. The number of alkyl halides is 1. The van der Waals surface area contributed by atoms with Gasteiger partial charge < -0.3 is 19.6 Å². The Morgan fingerprint density at radius 3 is 2.96 bits per heavy atom. The van der Waals surface area contributed by atoms with Gasteiger partial charge in [-0.05, 0) is 25.5 Å². The van der Waals surface area contributed by atoms with Gasteiger partial charge in [-0.1, -0.05) is 16.8 Å². The molecule has 26 heavy (non-hydrogen) atoms. The van der Waals surface area contributed by atoms with Crippen molar-refractivity contribution in [2.45, 2.75) is 32.7 Å². The summed E-state index contributed by atoms with van der Waals surface area (Å²) in [5, 5.41) is 7.92. The van der Waals surface area contributed by atoms with Crippen molar-refractivity contribution in [3.05, 3.63) is 46.4 Å². The summed E-state index contributed by atoms with van der Waals surface area (Å²) >= 11 is 6.28. The average molecular weight is 378 g/mol. The summed E-state index contributed by atoms with van der Waals surface area (Å²) in [4.78, 5) is 14.9. The van der Waals surface area contributed by atoms with Gasteiger partial charge in [0.2, 0.25) is 5.91 Å². The zero-order valence-corrected chi connectivity index (χ0v) is 14.8. The van der Waals surface area contributed by atoms with E-state index in [1.54, 1.807) is 18.2 Å². The first kappa shape index (κ1) is 16.9. The Balaban J connectivity index is 1.44. The number of hydrogen-bond donors (Lipinski definition) is 2. The van der Waals surface area contributed by atoms with E-state index in [4.69, 9.17) is 20.9 Å². The lowest BCUT2D eigenvalue weighted by molar-refractivity contribution is -0.122. The van der Waals surface area contributed by atoms with E-state index in [1.807, 2.05) is 13.0 Å². The predicted octanol–water partition coefficient (Wildman–Crippen LogP) is 3.67. The molecule has 1 aromatic carbocycles. The average Bonchev–Trinajstić information content (AvgIpc) is 3.01. The Kier molecular flexibility index (Phi) is 4.32. The van der Waals surface area contributed by atoms with E-state index < -0.39 is 12.1 Å². The van der Waals surface area contributed by atoms with Crippen LogP contribution in [0.4, 0.5) is 4.39 Å². The van der Waals surface area contributed by atoms with E-state index in [2.05, 4.69) is 15.5 Å². The van der Waals surface area contributed by atoms with E-state index in [-0.39, 0.29) is 12.5 Å². The third-order valence-electron chi connectivity index (χ3n) is 4.28. The van der Waals surface area contributed by atoms with E-state index in [9.17, 15) is 9.18 Å². The number of halogens is 2. The first-order valence-corrected chi connectivity index (χ1v) is 8.65. The largest absolute Gasteiger partial charge is 0.484 e. The molecule has 136 valence electrons. The Labute approximate surface area is 153 Å². The number of aromatic nitrogens is 2. The molecule has 3 aromatic rings. The highest BCUT2D eigenvalue weighted by molar-refractivity contribution is 6.32. The first-order valence-electron chi connectivity index (χ1n) is 8.27. The highest BCUT2D eigenvalue weighted by atomic mass is 35.5. The van der Waals surface area contributed by atoms with Crippen LogP contribution in [0.1, 0.15) is 23.6 Å². The molecular formula is C18H17ClFN3O3. The van der Waals surface area contributed by atoms with Crippen LogP contribution in [0.5, 0.6) is 5.75 Å². The number of hydrogen-bond acceptors (Lipinski definition) is 4. The van der Waals surface area contributed by atoms with Crippen molar-refractivity contribution >= 4 is 28.4 Å². The molecule has 1 amide bonds. The summed E-state index contributed by atoms with van der Waals surface area (Å²) in [5.74, 6) is 0.387. The third kappa shape index (κ3) is 3.53. The number of ether oxygens (including phenoxy) is 1. The smallest absolute Gasteiger partial charge is 0.226 e. The zero-order valence-electron chi connectivity index (χ0n) is 14.0. The van der Waals surface area contributed by atoms with Crippen LogP contribution in [-0.2, 0) is 17.9 Å². The molecule has 0 bridgehead atoms. The van der Waals surface area contributed by atoms with E-state index in [0.29, 0.717) is 29.5 Å². The topological polar surface area (TPSA) is 80.1 Å². The van der Waals surface area contributed by atoms with Gasteiger partial charge in [0.15, 0.2) is 5.76 Å². The maximum Gasteiger partial charge on any atom is 0.226 e. The van der Waals surface area contributed by atoms with Crippen LogP contribution in [0.3, 0.4) is 0 Å². The highest BCUT2D eigenvalue weighted by Crippen LogP contribution is 2.34. The lowest BCUT2D eigenvalue weighted by atomic mass is 10.2. The number of aromatic amines is 1. The molecule has 0 aliphatic heterocycles. The molecule has 1 aliphatic carbocycles. The molecule has 4 rings (SSSR count). The molecule has 0 spiro atoms. The second-order valence-corrected chi connectivity index (χ2v) is 6.87. The first-order chi connectivity index (χ1) is 12.5. The fourth-order valence-corrected chi connectivity index (χ4v) is 3.01. The van der Waals surface area contributed by atoms with Gasteiger partial charge in [-0.25, -0.2) is 4.39 Å². The number of nitrogens with zero attached hydrogens (tertiary/aromatic N) is 1. The summed E-state index contributed by atoms with van der Waals surface area (Å²) in [6.07, 6.45) is -0.677. The van der Waals surface area contributed by atoms with Gasteiger partial charge in [0.05, 0.1) is 23.2 Å². The quantitative estimate of drug-likeness (QED) is 0.686. The monoisotopic (exact) mass is 377 g/mol. The van der Waals surface area contributed by atoms with Crippen molar-refractivity contribution in [2.24, 2.45) is 5.92 Å². The van der Waals surface area contributed by atoms with Crippen LogP contribution < -0.4 is 10.1 Å². The van der Waals surface area contributed by atoms with E-state index in [0.717, 1.165) is 22.3 Å². The summed E-state index contributed by atoms with van der Waals surface area (Å²) in [7, 11) is 0. The normalized spacial score (nSPS) is 18.9. The fraction of sp³-hybridized carbons (Fsp3) is 0.333. The Morgan fingerprint density at radius 2 is 2.27 bits per heavy atom. The summed E-state index contributed by atoms with van der Waals surface area (Å²) in [6, 6.07) is 7.28.